The van der Waals surface area contributed by atoms with Crippen molar-refractivity contribution in [1.82, 2.24) is 4.90 Å². The molecule has 6 heteroatoms. The zero-order valence-electron chi connectivity index (χ0n) is 12.8. The lowest BCUT2D eigenvalue weighted by Gasteiger charge is -2.24. The summed E-state index contributed by atoms with van der Waals surface area (Å²) < 4.78 is 27.4. The molecule has 4 nitrogen and oxygen atoms in total. The van der Waals surface area contributed by atoms with E-state index < -0.39 is 29.3 Å². The van der Waals surface area contributed by atoms with Gasteiger partial charge in [-0.1, -0.05) is 24.3 Å². The van der Waals surface area contributed by atoms with Gasteiger partial charge in [0.05, 0.1) is 0 Å². The fourth-order valence-electron chi connectivity index (χ4n) is 2.85. The molecule has 24 heavy (non-hydrogen) atoms. The second-order valence-corrected chi connectivity index (χ2v) is 5.61. The SMILES string of the molecule is O=C(Nc1c(F)cccc1F)C1CCCN1C(=O)c1ccccc1. The molecule has 0 spiro atoms. The quantitative estimate of drug-likeness (QED) is 0.939. The first-order valence-electron chi connectivity index (χ1n) is 7.69. The minimum Gasteiger partial charge on any atom is -0.327 e. The predicted octanol–water partition coefficient (Wildman–Crippen LogP) is 3.21. The van der Waals surface area contributed by atoms with Crippen LogP contribution in [-0.4, -0.2) is 29.3 Å². The number of nitrogens with zero attached hydrogens (tertiary/aromatic N) is 1. The monoisotopic (exact) mass is 330 g/mol. The highest BCUT2D eigenvalue weighted by Gasteiger charge is 2.35. The van der Waals surface area contributed by atoms with Gasteiger partial charge in [-0.3, -0.25) is 9.59 Å². The summed E-state index contributed by atoms with van der Waals surface area (Å²) in [5.74, 6) is -2.53. The Bertz CT molecular complexity index is 745. The minimum absolute atomic E-state index is 0.262. The Kier molecular flexibility index (Phi) is 4.55. The number of benzene rings is 2. The molecule has 2 amide bonds. The average Bonchev–Trinajstić information content (AvgIpc) is 3.08. The molecule has 0 radical (unpaired) electrons. The first-order chi connectivity index (χ1) is 11.6. The van der Waals surface area contributed by atoms with Crippen molar-refractivity contribution in [3.05, 3.63) is 65.7 Å². The van der Waals surface area contributed by atoms with Crippen LogP contribution < -0.4 is 5.32 Å². The van der Waals surface area contributed by atoms with E-state index in [4.69, 9.17) is 0 Å². The highest BCUT2D eigenvalue weighted by molar-refractivity contribution is 6.01. The zero-order valence-corrected chi connectivity index (χ0v) is 12.8. The molecule has 1 aliphatic heterocycles. The summed E-state index contributed by atoms with van der Waals surface area (Å²) in [7, 11) is 0. The van der Waals surface area contributed by atoms with E-state index in [1.54, 1.807) is 30.3 Å². The maximum absolute atomic E-state index is 13.7. The van der Waals surface area contributed by atoms with E-state index in [2.05, 4.69) is 5.32 Å². The maximum atomic E-state index is 13.7. The third-order valence-electron chi connectivity index (χ3n) is 4.05. The molecule has 1 fully saturated rings. The van der Waals surface area contributed by atoms with Crippen LogP contribution in [0.15, 0.2) is 48.5 Å². The number of hydrogen-bond donors (Lipinski definition) is 1. The third kappa shape index (κ3) is 3.13. The Morgan fingerprint density at radius 3 is 2.33 bits per heavy atom. The van der Waals surface area contributed by atoms with Gasteiger partial charge in [-0.2, -0.15) is 0 Å². The number of likely N-dealkylation sites (tertiary alicyclic amines) is 1. The minimum atomic E-state index is -0.845. The van der Waals surface area contributed by atoms with E-state index in [1.165, 1.54) is 11.0 Å². The second-order valence-electron chi connectivity index (χ2n) is 5.61. The molecule has 1 heterocycles. The van der Waals surface area contributed by atoms with Crippen LogP contribution in [0.25, 0.3) is 0 Å². The highest BCUT2D eigenvalue weighted by atomic mass is 19.1. The number of anilines is 1. The molecule has 1 aliphatic rings. The number of para-hydroxylation sites is 1. The van der Waals surface area contributed by atoms with Crippen molar-refractivity contribution >= 4 is 17.5 Å². The number of amides is 2. The normalized spacial score (nSPS) is 16.9. The smallest absolute Gasteiger partial charge is 0.254 e. The number of carbonyl (C=O) groups is 2. The van der Waals surface area contributed by atoms with Gasteiger partial charge in [-0.15, -0.1) is 0 Å². The van der Waals surface area contributed by atoms with Crippen LogP contribution in [0.3, 0.4) is 0 Å². The molecule has 0 aromatic heterocycles. The van der Waals surface area contributed by atoms with Gasteiger partial charge < -0.3 is 10.2 Å². The highest BCUT2D eigenvalue weighted by Crippen LogP contribution is 2.24. The summed E-state index contributed by atoms with van der Waals surface area (Å²) in [6.45, 7) is 0.436. The lowest BCUT2D eigenvalue weighted by atomic mass is 10.1. The Morgan fingerprint density at radius 2 is 1.67 bits per heavy atom. The summed E-state index contributed by atoms with van der Waals surface area (Å²) in [4.78, 5) is 26.4. The number of hydrogen-bond acceptors (Lipinski definition) is 2. The van der Waals surface area contributed by atoms with Crippen LogP contribution in [0.5, 0.6) is 0 Å². The van der Waals surface area contributed by atoms with Crippen LogP contribution in [0.1, 0.15) is 23.2 Å². The molecule has 2 aromatic carbocycles. The first kappa shape index (κ1) is 16.1. The number of nitrogens with one attached hydrogen (secondary N) is 1. The molecule has 0 aliphatic carbocycles. The van der Waals surface area contributed by atoms with Gasteiger partial charge in [-0.25, -0.2) is 8.78 Å². The topological polar surface area (TPSA) is 49.4 Å². The second kappa shape index (κ2) is 6.78. The molecule has 124 valence electrons. The van der Waals surface area contributed by atoms with Crippen LogP contribution in [-0.2, 0) is 4.79 Å². The summed E-state index contributed by atoms with van der Waals surface area (Å²) in [5.41, 5.74) is -0.00391. The molecule has 1 unspecified atom stereocenters. The maximum Gasteiger partial charge on any atom is 0.254 e. The van der Waals surface area contributed by atoms with Crippen molar-refractivity contribution in [3.63, 3.8) is 0 Å². The predicted molar refractivity (Wildman–Crippen MR) is 85.5 cm³/mol. The molecule has 1 atom stereocenters. The van der Waals surface area contributed by atoms with Crippen molar-refractivity contribution < 1.29 is 18.4 Å². The molecule has 2 aromatic rings. The Morgan fingerprint density at radius 1 is 1.00 bits per heavy atom. The molecule has 1 saturated heterocycles. The molecule has 0 bridgehead atoms. The van der Waals surface area contributed by atoms with E-state index in [9.17, 15) is 18.4 Å². The number of rotatable bonds is 3. The van der Waals surface area contributed by atoms with Crippen LogP contribution in [0.2, 0.25) is 0 Å². The van der Waals surface area contributed by atoms with Crippen LogP contribution in [0, 0.1) is 11.6 Å². The molecule has 3 rings (SSSR count). The van der Waals surface area contributed by atoms with Gasteiger partial charge in [0, 0.05) is 12.1 Å². The van der Waals surface area contributed by atoms with Gasteiger partial charge in [0.2, 0.25) is 5.91 Å². The first-order valence-corrected chi connectivity index (χ1v) is 7.69. The van der Waals surface area contributed by atoms with Crippen molar-refractivity contribution in [2.24, 2.45) is 0 Å². The van der Waals surface area contributed by atoms with Crippen molar-refractivity contribution in [1.29, 1.82) is 0 Å². The van der Waals surface area contributed by atoms with E-state index in [0.717, 1.165) is 12.1 Å². The van der Waals surface area contributed by atoms with Gasteiger partial charge in [0.15, 0.2) is 0 Å². The summed E-state index contributed by atoms with van der Waals surface area (Å²) >= 11 is 0. The van der Waals surface area contributed by atoms with Crippen LogP contribution >= 0.6 is 0 Å². The Labute approximate surface area is 138 Å². The van der Waals surface area contributed by atoms with E-state index in [-0.39, 0.29) is 5.91 Å². The van der Waals surface area contributed by atoms with Crippen molar-refractivity contribution in [2.45, 2.75) is 18.9 Å². The molecular formula is C18H16F2N2O2. The lowest BCUT2D eigenvalue weighted by molar-refractivity contribution is -0.119. The van der Waals surface area contributed by atoms with E-state index >= 15 is 0 Å². The van der Waals surface area contributed by atoms with Gasteiger partial charge in [-0.05, 0) is 37.1 Å². The lowest BCUT2D eigenvalue weighted by Crippen LogP contribution is -2.43. The summed E-state index contributed by atoms with van der Waals surface area (Å²) in [5, 5.41) is 2.27. The van der Waals surface area contributed by atoms with E-state index in [0.29, 0.717) is 24.9 Å². The zero-order chi connectivity index (χ0) is 17.1. The molecule has 0 saturated carbocycles. The molecule has 1 N–H and O–H groups in total. The van der Waals surface area contributed by atoms with Crippen LogP contribution in [0.4, 0.5) is 14.5 Å². The van der Waals surface area contributed by atoms with Gasteiger partial charge in [0.25, 0.3) is 5.91 Å². The Hall–Kier alpha value is -2.76. The number of halogens is 2. The fourth-order valence-corrected chi connectivity index (χ4v) is 2.85. The standard InChI is InChI=1S/C18H16F2N2O2/c19-13-8-4-9-14(20)16(13)21-17(23)15-10-5-11-22(15)18(24)12-6-2-1-3-7-12/h1-4,6-9,15H,5,10-11H2,(H,21,23). The van der Waals surface area contributed by atoms with Gasteiger partial charge in [0.1, 0.15) is 23.4 Å². The van der Waals surface area contributed by atoms with E-state index in [1.807, 2.05) is 0 Å². The largest absolute Gasteiger partial charge is 0.327 e. The van der Waals surface area contributed by atoms with Crippen molar-refractivity contribution in [2.75, 3.05) is 11.9 Å². The van der Waals surface area contributed by atoms with Crippen molar-refractivity contribution in [3.8, 4) is 0 Å². The summed E-state index contributed by atoms with van der Waals surface area (Å²) in [6.07, 6.45) is 1.12. The number of carbonyl (C=O) groups excluding carboxylic acids is 2. The Balaban J connectivity index is 1.78. The fraction of sp³-hybridized carbons (Fsp3) is 0.222. The summed E-state index contributed by atoms with van der Waals surface area (Å²) in [6, 6.07) is 11.3. The van der Waals surface area contributed by atoms with Gasteiger partial charge >= 0.3 is 0 Å². The molecular weight excluding hydrogens is 314 g/mol. The third-order valence-corrected chi connectivity index (χ3v) is 4.05. The average molecular weight is 330 g/mol.